The minimum atomic E-state index is -1.04. The zero-order valence-corrected chi connectivity index (χ0v) is 25.5. The fourth-order valence-electron chi connectivity index (χ4n) is 6.57. The molecule has 236 valence electrons. The van der Waals surface area contributed by atoms with Crippen LogP contribution in [0.3, 0.4) is 0 Å². The molecule has 0 spiro atoms. The molecular weight excluding hydrogens is 617 g/mol. The lowest BCUT2D eigenvalue weighted by Crippen LogP contribution is -1.92. The third kappa shape index (κ3) is 4.16. The van der Waals surface area contributed by atoms with Crippen molar-refractivity contribution in [3.8, 4) is 33.4 Å². The van der Waals surface area contributed by atoms with Gasteiger partial charge in [0.25, 0.3) is 0 Å². The monoisotopic (exact) mass is 675 g/mol. The maximum absolute atomic E-state index is 9.68. The predicted octanol–water partition coefficient (Wildman–Crippen LogP) is 14.4. The van der Waals surface area contributed by atoms with Crippen molar-refractivity contribution in [2.75, 3.05) is 0 Å². The van der Waals surface area contributed by atoms with Crippen LogP contribution in [0.15, 0.2) is 186 Å². The summed E-state index contributed by atoms with van der Waals surface area (Å²) >= 11 is 0. The highest BCUT2D eigenvalue weighted by atomic mass is 16.3. The van der Waals surface area contributed by atoms with Crippen LogP contribution in [0, 0.1) is 0 Å². The van der Waals surface area contributed by atoms with E-state index in [1.807, 2.05) is 0 Å². The average Bonchev–Trinajstić information content (AvgIpc) is 3.48. The summed E-state index contributed by atoms with van der Waals surface area (Å²) in [7, 11) is 0. The van der Waals surface area contributed by atoms with Gasteiger partial charge in [0.15, 0.2) is 0 Å². The molecule has 0 aliphatic carbocycles. The first kappa shape index (κ1) is 12.0. The van der Waals surface area contributed by atoms with Gasteiger partial charge >= 0.3 is 0 Å². The zero-order chi connectivity index (χ0) is 58.7. The van der Waals surface area contributed by atoms with Crippen molar-refractivity contribution >= 4 is 75.8 Å². The van der Waals surface area contributed by atoms with Crippen molar-refractivity contribution in [2.24, 2.45) is 0 Å². The van der Waals surface area contributed by atoms with E-state index < -0.39 is 284 Å². The van der Waals surface area contributed by atoms with Gasteiger partial charge in [0.05, 0.1) is 39.8 Å². The second-order valence-corrected chi connectivity index (χ2v) is 11.3. The molecule has 0 aliphatic heterocycles. The van der Waals surface area contributed by atoms with Crippen LogP contribution in [0.2, 0.25) is 0 Å². The van der Waals surface area contributed by atoms with E-state index in [1.165, 1.54) is 0 Å². The quantitative estimate of drug-likeness (QED) is 0.170. The minimum absolute atomic E-state index is 0.439. The largest absolute Gasteiger partial charge is 0.455 e. The molecule has 0 atom stereocenters. The summed E-state index contributed by atoms with van der Waals surface area (Å²) in [6.45, 7) is 0. The van der Waals surface area contributed by atoms with Crippen molar-refractivity contribution in [1.82, 2.24) is 0 Å². The smallest absolute Gasteiger partial charge is 0.143 e. The van der Waals surface area contributed by atoms with Crippen molar-refractivity contribution in [3.63, 3.8) is 0 Å². The van der Waals surface area contributed by atoms with Gasteiger partial charge in [-0.2, -0.15) is 0 Å². The number of benzene rings is 10. The average molecular weight is 676 g/mol. The maximum Gasteiger partial charge on any atom is 0.143 e. The lowest BCUT2D eigenvalue weighted by atomic mass is 9.83. The molecule has 0 aliphatic rings. The van der Waals surface area contributed by atoms with Gasteiger partial charge in [-0.1, -0.05) is 163 Å². The standard InChI is InChI=1S/C50H30O/c1-2-14-33-30-34(27-26-31(33)12-1)47-41-16-5-7-18-43(41)48(44-19-8-6-17-42(44)47)39-23-10-20-36-37(39)21-9-22-38(36)40-24-11-25-46-49(40)45-29-28-32-13-3-4-15-35(32)50(45)51-46/h1-30H/i1D,2D,3D,4D,5D,6D,7D,8D,9D,10D,11D,12D,13D,14D,15D,16D,17D,18D,19D,20D,22D,23D,24D,25D,26D,27D,28D,29D,30D. The molecule has 1 heteroatoms. The fourth-order valence-corrected chi connectivity index (χ4v) is 6.57. The second kappa shape index (κ2) is 10.9. The summed E-state index contributed by atoms with van der Waals surface area (Å²) in [4.78, 5) is 0. The molecular formula is C50H30O. The Morgan fingerprint density at radius 1 is 0.353 bits per heavy atom. The van der Waals surface area contributed by atoms with Crippen molar-refractivity contribution in [2.45, 2.75) is 0 Å². The molecule has 0 unspecified atom stereocenters. The zero-order valence-electron chi connectivity index (χ0n) is 54.5. The Morgan fingerprint density at radius 2 is 0.941 bits per heavy atom. The highest BCUT2D eigenvalue weighted by Gasteiger charge is 2.20. The lowest BCUT2D eigenvalue weighted by Gasteiger charge is -2.19. The maximum atomic E-state index is 9.68. The normalized spacial score (nSPS) is 19.9. The van der Waals surface area contributed by atoms with Gasteiger partial charge in [0.1, 0.15) is 11.2 Å². The van der Waals surface area contributed by atoms with Crippen molar-refractivity contribution in [3.05, 3.63) is 181 Å². The van der Waals surface area contributed by atoms with Gasteiger partial charge in [0.2, 0.25) is 0 Å². The Labute approximate surface area is 335 Å². The molecule has 0 N–H and O–H groups in total. The highest BCUT2D eigenvalue weighted by molar-refractivity contribution is 6.25. The van der Waals surface area contributed by atoms with E-state index in [4.69, 9.17) is 26.3 Å². The van der Waals surface area contributed by atoms with Crippen LogP contribution < -0.4 is 0 Å². The van der Waals surface area contributed by atoms with Crippen LogP contribution in [-0.2, 0) is 0 Å². The van der Waals surface area contributed by atoms with E-state index in [-0.39, 0.29) is 0 Å². The van der Waals surface area contributed by atoms with Gasteiger partial charge in [-0.3, -0.25) is 0 Å². The van der Waals surface area contributed by atoms with E-state index in [2.05, 4.69) is 0 Å². The van der Waals surface area contributed by atoms with Gasteiger partial charge in [0, 0.05) is 16.2 Å². The molecule has 51 heavy (non-hydrogen) atoms. The number of hydrogen-bond acceptors (Lipinski definition) is 1. The highest BCUT2D eigenvalue weighted by Crippen LogP contribution is 2.47. The van der Waals surface area contributed by atoms with Gasteiger partial charge in [-0.25, -0.2) is 0 Å². The SMILES string of the molecule is [2H]c1cc2c(-c3c4c([2H])c([2H])c([2H])c([2H])c4c(-c4c([2H])c([2H])c5c([2H])c([2H])c([2H])c([2H])c5c4[2H])c4c([2H])c([2H])c([2H])c([2H])c34)c([2H])c([2H])c([2H])c2c(-c2c([2H])c([2H])c([2H])c3oc4c5c([2H])c([2H])c([2H])c([2H])c5c([2H])c([2H])c4c23)c1[2H]. The van der Waals surface area contributed by atoms with E-state index in [1.54, 1.807) is 0 Å². The van der Waals surface area contributed by atoms with Crippen LogP contribution in [0.5, 0.6) is 0 Å². The molecule has 1 aromatic heterocycles. The van der Waals surface area contributed by atoms with Crippen LogP contribution in [-0.4, -0.2) is 0 Å². The summed E-state index contributed by atoms with van der Waals surface area (Å²) in [6, 6.07) is -25.1. The Hall–Kier alpha value is -6.70. The number of furan rings is 1. The predicted molar refractivity (Wildman–Crippen MR) is 218 cm³/mol. The number of hydrogen-bond donors (Lipinski definition) is 0. The van der Waals surface area contributed by atoms with Crippen LogP contribution in [0.1, 0.15) is 39.8 Å². The molecule has 11 aromatic rings. The molecule has 0 amide bonds. The van der Waals surface area contributed by atoms with Gasteiger partial charge in [-0.15, -0.1) is 0 Å². The summed E-state index contributed by atoms with van der Waals surface area (Å²) in [5.74, 6) is 0. The molecule has 0 fully saturated rings. The topological polar surface area (TPSA) is 13.1 Å². The van der Waals surface area contributed by atoms with Gasteiger partial charge in [-0.05, 0) is 100.0 Å². The summed E-state index contributed by atoms with van der Waals surface area (Å²) in [5, 5.41) is -7.17. The molecule has 1 heterocycles. The minimum Gasteiger partial charge on any atom is -0.455 e. The Bertz CT molecular complexity index is 4790. The fraction of sp³-hybridized carbons (Fsp3) is 0. The Balaban J connectivity index is 1.43. The van der Waals surface area contributed by atoms with E-state index in [0.717, 1.165) is 6.07 Å². The third-order valence-electron chi connectivity index (χ3n) is 8.70. The first-order valence-corrected chi connectivity index (χ1v) is 15.2. The Morgan fingerprint density at radius 3 is 1.73 bits per heavy atom. The first-order chi connectivity index (χ1) is 37.4. The van der Waals surface area contributed by atoms with Crippen LogP contribution >= 0.6 is 0 Å². The Kier molecular flexibility index (Phi) is 2.56. The lowest BCUT2D eigenvalue weighted by molar-refractivity contribution is 0.673. The van der Waals surface area contributed by atoms with Crippen LogP contribution in [0.25, 0.3) is 109 Å². The van der Waals surface area contributed by atoms with Crippen molar-refractivity contribution < 1.29 is 44.2 Å². The van der Waals surface area contributed by atoms with E-state index >= 15 is 0 Å². The third-order valence-corrected chi connectivity index (χ3v) is 8.70. The molecule has 0 saturated carbocycles. The number of fused-ring (bicyclic) bond motifs is 9. The molecule has 10 aromatic carbocycles. The summed E-state index contributed by atoms with van der Waals surface area (Å²) in [5.41, 5.74) is -5.36. The molecule has 0 radical (unpaired) electrons. The number of rotatable bonds is 3. The molecule has 1 nitrogen and oxygen atoms in total. The van der Waals surface area contributed by atoms with Crippen molar-refractivity contribution in [1.29, 1.82) is 0 Å². The van der Waals surface area contributed by atoms with Gasteiger partial charge < -0.3 is 4.42 Å². The summed E-state index contributed by atoms with van der Waals surface area (Å²) < 4.78 is 270. The van der Waals surface area contributed by atoms with E-state index in [9.17, 15) is 17.8 Å². The van der Waals surface area contributed by atoms with E-state index in [0.29, 0.717) is 0 Å². The molecule has 0 saturated heterocycles. The summed E-state index contributed by atoms with van der Waals surface area (Å²) in [6.07, 6.45) is 0. The van der Waals surface area contributed by atoms with Crippen LogP contribution in [0.4, 0.5) is 0 Å². The molecule has 11 rings (SSSR count). The molecule has 0 bridgehead atoms. The first-order valence-electron chi connectivity index (χ1n) is 29.7. The second-order valence-electron chi connectivity index (χ2n) is 11.3.